The van der Waals surface area contributed by atoms with Crippen LogP contribution in [0, 0.1) is 5.82 Å². The largest absolute Gasteiger partial charge is 0.392 e. The third-order valence-corrected chi connectivity index (χ3v) is 2.34. The van der Waals surface area contributed by atoms with Gasteiger partial charge in [-0.15, -0.1) is 6.58 Å². The summed E-state index contributed by atoms with van der Waals surface area (Å²) in [6.45, 7) is 7.75. The molecule has 0 saturated carbocycles. The lowest BCUT2D eigenvalue weighted by Crippen LogP contribution is -2.32. The lowest BCUT2D eigenvalue weighted by molar-refractivity contribution is 0.275. The van der Waals surface area contributed by atoms with E-state index in [4.69, 9.17) is 5.11 Å². The van der Waals surface area contributed by atoms with Crippen molar-refractivity contribution in [2.45, 2.75) is 26.5 Å². The molecule has 0 aromatic carbocycles. The molecule has 4 heteroatoms. The summed E-state index contributed by atoms with van der Waals surface area (Å²) < 4.78 is 13.9. The van der Waals surface area contributed by atoms with Crippen molar-refractivity contribution < 1.29 is 9.50 Å². The number of hydrogen-bond donors (Lipinski definition) is 1. The van der Waals surface area contributed by atoms with Crippen molar-refractivity contribution in [3.05, 3.63) is 36.3 Å². The summed E-state index contributed by atoms with van der Waals surface area (Å²) in [6.07, 6.45) is 3.20. The molecule has 0 aliphatic rings. The van der Waals surface area contributed by atoms with E-state index >= 15 is 0 Å². The van der Waals surface area contributed by atoms with E-state index in [1.807, 2.05) is 13.8 Å². The molecule has 0 aliphatic carbocycles. The van der Waals surface area contributed by atoms with Crippen molar-refractivity contribution in [1.82, 2.24) is 4.98 Å². The molecule has 1 aromatic heterocycles. The molecule has 0 bridgehead atoms. The van der Waals surface area contributed by atoms with Gasteiger partial charge in [0.15, 0.2) is 11.6 Å². The van der Waals surface area contributed by atoms with Crippen LogP contribution in [-0.2, 0) is 6.61 Å². The Balaban J connectivity index is 3.13. The Morgan fingerprint density at radius 3 is 2.81 bits per heavy atom. The second-order valence-corrected chi connectivity index (χ2v) is 3.80. The maximum Gasteiger partial charge on any atom is 0.171 e. The van der Waals surface area contributed by atoms with Crippen LogP contribution < -0.4 is 4.90 Å². The highest BCUT2D eigenvalue weighted by Crippen LogP contribution is 2.21. The highest BCUT2D eigenvalue weighted by Gasteiger charge is 2.17. The molecular formula is C12H17FN2O. The Morgan fingerprint density at radius 2 is 2.31 bits per heavy atom. The first-order valence-corrected chi connectivity index (χ1v) is 5.23. The van der Waals surface area contributed by atoms with Crippen molar-refractivity contribution in [3.63, 3.8) is 0 Å². The van der Waals surface area contributed by atoms with Crippen molar-refractivity contribution in [2.75, 3.05) is 11.4 Å². The molecule has 1 N–H and O–H groups in total. The number of pyridine rings is 1. The van der Waals surface area contributed by atoms with E-state index in [1.165, 1.54) is 12.3 Å². The Kier molecular flexibility index (Phi) is 4.43. The summed E-state index contributed by atoms with van der Waals surface area (Å²) in [5, 5.41) is 8.99. The second-order valence-electron chi connectivity index (χ2n) is 3.80. The number of aromatic nitrogens is 1. The Labute approximate surface area is 95.2 Å². The van der Waals surface area contributed by atoms with Crippen LogP contribution in [0.3, 0.4) is 0 Å². The molecule has 1 aromatic rings. The first-order valence-electron chi connectivity index (χ1n) is 5.23. The van der Waals surface area contributed by atoms with Gasteiger partial charge in [0.05, 0.1) is 6.61 Å². The van der Waals surface area contributed by atoms with Gasteiger partial charge in [0.1, 0.15) is 0 Å². The lowest BCUT2D eigenvalue weighted by Gasteiger charge is -2.27. The third-order valence-electron chi connectivity index (χ3n) is 2.34. The molecule has 0 radical (unpaired) electrons. The maximum absolute atomic E-state index is 13.9. The zero-order chi connectivity index (χ0) is 12.1. The standard InChI is InChI=1S/C12H17FN2O/c1-4-7-15(9(2)3)12-11(13)10(8-16)5-6-14-12/h4-6,9,16H,1,7-8H2,2-3H3. The molecule has 16 heavy (non-hydrogen) atoms. The quantitative estimate of drug-likeness (QED) is 0.778. The number of nitrogens with zero attached hydrogens (tertiary/aromatic N) is 2. The van der Waals surface area contributed by atoms with Gasteiger partial charge >= 0.3 is 0 Å². The molecule has 0 aliphatic heterocycles. The van der Waals surface area contributed by atoms with E-state index in [0.717, 1.165) is 0 Å². The van der Waals surface area contributed by atoms with Crippen LogP contribution in [0.15, 0.2) is 24.9 Å². The van der Waals surface area contributed by atoms with E-state index < -0.39 is 5.82 Å². The molecule has 0 amide bonds. The van der Waals surface area contributed by atoms with Crippen LogP contribution in [0.2, 0.25) is 0 Å². The minimum atomic E-state index is -0.458. The third kappa shape index (κ3) is 2.58. The average molecular weight is 224 g/mol. The van der Waals surface area contributed by atoms with Crippen molar-refractivity contribution in [1.29, 1.82) is 0 Å². The molecular weight excluding hydrogens is 207 g/mol. The predicted octanol–water partition coefficient (Wildman–Crippen LogP) is 2.11. The van der Waals surface area contributed by atoms with Crippen molar-refractivity contribution >= 4 is 5.82 Å². The summed E-state index contributed by atoms with van der Waals surface area (Å²) in [5.74, 6) is -0.193. The van der Waals surface area contributed by atoms with Crippen LogP contribution in [0.25, 0.3) is 0 Å². The minimum absolute atomic E-state index is 0.119. The lowest BCUT2D eigenvalue weighted by atomic mass is 10.2. The van der Waals surface area contributed by atoms with E-state index in [1.54, 1.807) is 11.0 Å². The number of anilines is 1. The van der Waals surface area contributed by atoms with Gasteiger partial charge in [0.2, 0.25) is 0 Å². The second kappa shape index (κ2) is 5.61. The number of aliphatic hydroxyl groups is 1. The van der Waals surface area contributed by atoms with Gasteiger partial charge in [-0.05, 0) is 19.9 Å². The zero-order valence-electron chi connectivity index (χ0n) is 9.65. The summed E-state index contributed by atoms with van der Waals surface area (Å²) in [7, 11) is 0. The smallest absolute Gasteiger partial charge is 0.171 e. The molecule has 0 spiro atoms. The number of halogens is 1. The highest BCUT2D eigenvalue weighted by molar-refractivity contribution is 5.44. The van der Waals surface area contributed by atoms with Gasteiger partial charge in [-0.1, -0.05) is 6.08 Å². The number of hydrogen-bond acceptors (Lipinski definition) is 3. The van der Waals surface area contributed by atoms with Crippen LogP contribution in [0.4, 0.5) is 10.2 Å². The van der Waals surface area contributed by atoms with Gasteiger partial charge in [-0.3, -0.25) is 0 Å². The molecule has 88 valence electrons. The zero-order valence-corrected chi connectivity index (χ0v) is 9.65. The highest BCUT2D eigenvalue weighted by atomic mass is 19.1. The topological polar surface area (TPSA) is 36.4 Å². The minimum Gasteiger partial charge on any atom is -0.392 e. The molecule has 1 heterocycles. The molecule has 3 nitrogen and oxygen atoms in total. The van der Waals surface area contributed by atoms with Gasteiger partial charge in [0, 0.05) is 24.3 Å². The molecule has 0 fully saturated rings. The molecule has 1 rings (SSSR count). The summed E-state index contributed by atoms with van der Waals surface area (Å²) in [5.41, 5.74) is 0.264. The van der Waals surface area contributed by atoms with Crippen molar-refractivity contribution in [2.24, 2.45) is 0 Å². The van der Waals surface area contributed by atoms with E-state index in [-0.39, 0.29) is 24.0 Å². The van der Waals surface area contributed by atoms with E-state index in [2.05, 4.69) is 11.6 Å². The normalized spacial score (nSPS) is 10.6. The van der Waals surface area contributed by atoms with Crippen molar-refractivity contribution in [3.8, 4) is 0 Å². The first kappa shape index (κ1) is 12.6. The SMILES string of the molecule is C=CCN(c1nccc(CO)c1F)C(C)C. The first-order chi connectivity index (χ1) is 7.61. The van der Waals surface area contributed by atoms with Crippen LogP contribution in [0.1, 0.15) is 19.4 Å². The fourth-order valence-electron chi connectivity index (χ4n) is 1.47. The molecule has 0 atom stereocenters. The molecule has 0 saturated heterocycles. The molecule has 0 unspecified atom stereocenters. The van der Waals surface area contributed by atoms with Gasteiger partial charge in [-0.2, -0.15) is 0 Å². The van der Waals surface area contributed by atoms with Gasteiger partial charge in [-0.25, -0.2) is 9.37 Å². The number of rotatable bonds is 5. The van der Waals surface area contributed by atoms with E-state index in [0.29, 0.717) is 6.54 Å². The average Bonchev–Trinajstić information content (AvgIpc) is 2.26. The fourth-order valence-corrected chi connectivity index (χ4v) is 1.47. The van der Waals surface area contributed by atoms with Crippen LogP contribution in [0.5, 0.6) is 0 Å². The Bertz CT molecular complexity index is 366. The maximum atomic E-state index is 13.9. The van der Waals surface area contributed by atoms with E-state index in [9.17, 15) is 4.39 Å². The Hall–Kier alpha value is -1.42. The van der Waals surface area contributed by atoms with Gasteiger partial charge in [0.25, 0.3) is 0 Å². The van der Waals surface area contributed by atoms with Gasteiger partial charge < -0.3 is 10.0 Å². The van der Waals surface area contributed by atoms with Crippen LogP contribution in [-0.4, -0.2) is 22.7 Å². The Morgan fingerprint density at radius 1 is 1.62 bits per heavy atom. The summed E-state index contributed by atoms with van der Waals surface area (Å²) in [4.78, 5) is 5.81. The fraction of sp³-hybridized carbons (Fsp3) is 0.417. The summed E-state index contributed by atoms with van der Waals surface area (Å²) in [6, 6.07) is 1.60. The van der Waals surface area contributed by atoms with Crippen LogP contribution >= 0.6 is 0 Å². The monoisotopic (exact) mass is 224 g/mol. The predicted molar refractivity (Wildman–Crippen MR) is 62.8 cm³/mol. The number of aliphatic hydroxyl groups excluding tert-OH is 1. The summed E-state index contributed by atoms with van der Waals surface area (Å²) >= 11 is 0.